The van der Waals surface area contributed by atoms with Crippen LogP contribution in [0, 0.1) is 12.3 Å². The first kappa shape index (κ1) is 17.4. The van der Waals surface area contributed by atoms with Crippen molar-refractivity contribution in [3.63, 3.8) is 0 Å². The second-order valence-electron chi connectivity index (χ2n) is 5.11. The molecule has 0 aromatic carbocycles. The second-order valence-corrected chi connectivity index (χ2v) is 5.11. The molecule has 0 saturated carbocycles. The lowest BCUT2D eigenvalue weighted by Gasteiger charge is -2.25. The molecule has 0 bridgehead atoms. The normalized spacial score (nSPS) is 19.2. The summed E-state index contributed by atoms with van der Waals surface area (Å²) in [5, 5.41) is 19.7. The minimum absolute atomic E-state index is 0.0395. The van der Waals surface area contributed by atoms with Gasteiger partial charge in [0.2, 0.25) is 0 Å². The van der Waals surface area contributed by atoms with E-state index in [4.69, 9.17) is 11.5 Å². The van der Waals surface area contributed by atoms with Gasteiger partial charge in [0.25, 0.3) is 0 Å². The van der Waals surface area contributed by atoms with E-state index in [9.17, 15) is 14.7 Å². The van der Waals surface area contributed by atoms with Gasteiger partial charge in [-0.1, -0.05) is 0 Å². The number of carbonyl (C=O) groups is 2. The predicted octanol–water partition coefficient (Wildman–Crippen LogP) is -2.24. The maximum absolute atomic E-state index is 10.9. The molecule has 1 N–H and O–H groups in total. The quantitative estimate of drug-likeness (QED) is 0.555. The van der Waals surface area contributed by atoms with Crippen LogP contribution in [0.2, 0.25) is 0 Å². The number of hydrogen-bond acceptors (Lipinski definition) is 6. The lowest BCUT2D eigenvalue weighted by molar-refractivity contribution is -0.306. The van der Waals surface area contributed by atoms with Crippen molar-refractivity contribution in [2.24, 2.45) is 0 Å². The van der Waals surface area contributed by atoms with E-state index >= 15 is 0 Å². The highest BCUT2D eigenvalue weighted by atomic mass is 16.4. The van der Waals surface area contributed by atoms with Gasteiger partial charge in [0.05, 0.1) is 12.5 Å². The van der Waals surface area contributed by atoms with E-state index in [1.54, 1.807) is 4.90 Å². The van der Waals surface area contributed by atoms with Crippen LogP contribution in [0.25, 0.3) is 0 Å². The van der Waals surface area contributed by atoms with E-state index in [1.165, 1.54) is 0 Å². The maximum atomic E-state index is 10.9. The Morgan fingerprint density at radius 2 is 1.48 bits per heavy atom. The van der Waals surface area contributed by atoms with Crippen molar-refractivity contribution in [2.45, 2.75) is 6.42 Å². The number of terminal acetylenes is 1. The average Bonchev–Trinajstić information content (AvgIpc) is 2.48. The van der Waals surface area contributed by atoms with Crippen LogP contribution in [0.4, 0.5) is 0 Å². The van der Waals surface area contributed by atoms with E-state index in [2.05, 4.69) is 10.8 Å². The van der Waals surface area contributed by atoms with Gasteiger partial charge in [-0.05, 0) is 0 Å². The second kappa shape index (κ2) is 9.34. The summed E-state index contributed by atoms with van der Waals surface area (Å²) in [4.78, 5) is 27.4. The maximum Gasteiger partial charge on any atom is 0.317 e. The molecule has 1 rings (SSSR count). The molecule has 1 aliphatic heterocycles. The van der Waals surface area contributed by atoms with Gasteiger partial charge >= 0.3 is 5.97 Å². The van der Waals surface area contributed by atoms with Crippen molar-refractivity contribution in [2.75, 3.05) is 58.9 Å². The van der Waals surface area contributed by atoms with Crippen LogP contribution in [0.1, 0.15) is 6.42 Å². The third kappa shape index (κ3) is 7.66. The van der Waals surface area contributed by atoms with Gasteiger partial charge in [-0.25, -0.2) is 0 Å². The molecule has 21 heavy (non-hydrogen) atoms. The number of hydrogen-bond donors (Lipinski definition) is 1. The number of carbonyl (C=O) groups excluding carboxylic acids is 1. The fraction of sp³-hybridized carbons (Fsp3) is 0.714. The molecule has 118 valence electrons. The Labute approximate surface area is 125 Å². The van der Waals surface area contributed by atoms with E-state index in [-0.39, 0.29) is 13.1 Å². The van der Waals surface area contributed by atoms with Crippen molar-refractivity contribution in [3.05, 3.63) is 0 Å². The fourth-order valence-electron chi connectivity index (χ4n) is 2.32. The number of nitrogens with zero attached hydrogens (tertiary/aromatic N) is 3. The van der Waals surface area contributed by atoms with Crippen LogP contribution < -0.4 is 5.11 Å². The molecule has 7 nitrogen and oxygen atoms in total. The molecule has 0 aromatic heterocycles. The molecule has 1 saturated heterocycles. The van der Waals surface area contributed by atoms with Gasteiger partial charge < -0.3 is 15.0 Å². The third-order valence-electron chi connectivity index (χ3n) is 3.48. The summed E-state index contributed by atoms with van der Waals surface area (Å²) in [6.45, 7) is 4.30. The first-order valence-corrected chi connectivity index (χ1v) is 7.03. The molecule has 0 aromatic rings. The van der Waals surface area contributed by atoms with E-state index in [0.29, 0.717) is 32.6 Å². The van der Waals surface area contributed by atoms with Crippen molar-refractivity contribution in [3.8, 4) is 12.3 Å². The van der Waals surface area contributed by atoms with Crippen LogP contribution in [-0.4, -0.2) is 90.6 Å². The van der Waals surface area contributed by atoms with Crippen LogP contribution >= 0.6 is 0 Å². The minimum Gasteiger partial charge on any atom is -0.549 e. The topological polar surface area (TPSA) is 87.2 Å². The van der Waals surface area contributed by atoms with Gasteiger partial charge in [-0.2, -0.15) is 0 Å². The molecule has 7 heteroatoms. The Hall–Kier alpha value is -1.62. The molecule has 0 atom stereocenters. The Balaban J connectivity index is 2.64. The van der Waals surface area contributed by atoms with E-state index in [0.717, 1.165) is 19.6 Å². The average molecular weight is 296 g/mol. The first-order valence-electron chi connectivity index (χ1n) is 7.03. The van der Waals surface area contributed by atoms with E-state index in [1.807, 2.05) is 4.90 Å². The molecule has 0 unspecified atom stereocenters. The van der Waals surface area contributed by atoms with Gasteiger partial charge in [-0.3, -0.25) is 19.5 Å². The smallest absolute Gasteiger partial charge is 0.317 e. The Morgan fingerprint density at radius 1 is 1.00 bits per heavy atom. The molecular formula is C14H22N3O4-. The van der Waals surface area contributed by atoms with Gasteiger partial charge in [0.1, 0.15) is 0 Å². The summed E-state index contributed by atoms with van der Waals surface area (Å²) in [5.41, 5.74) is 0. The van der Waals surface area contributed by atoms with Gasteiger partial charge in [0.15, 0.2) is 0 Å². The zero-order valence-corrected chi connectivity index (χ0v) is 12.2. The Morgan fingerprint density at radius 3 is 1.90 bits per heavy atom. The van der Waals surface area contributed by atoms with Gasteiger partial charge in [0, 0.05) is 58.8 Å². The Kier molecular flexibility index (Phi) is 7.75. The molecule has 1 heterocycles. The SMILES string of the molecule is C#CCCN1CCN(CC(=O)[O-])CCN(CC(=O)O)CC1. The van der Waals surface area contributed by atoms with Crippen molar-refractivity contribution < 1.29 is 19.8 Å². The van der Waals surface area contributed by atoms with Crippen LogP contribution in [0.3, 0.4) is 0 Å². The zero-order valence-electron chi connectivity index (χ0n) is 12.2. The van der Waals surface area contributed by atoms with Crippen LogP contribution in [-0.2, 0) is 9.59 Å². The highest BCUT2D eigenvalue weighted by Gasteiger charge is 2.17. The molecule has 1 fully saturated rings. The zero-order chi connectivity index (χ0) is 15.7. The van der Waals surface area contributed by atoms with Crippen LogP contribution in [0.15, 0.2) is 0 Å². The third-order valence-corrected chi connectivity index (χ3v) is 3.48. The molecular weight excluding hydrogens is 274 g/mol. The predicted molar refractivity (Wildman–Crippen MR) is 75.4 cm³/mol. The summed E-state index contributed by atoms with van der Waals surface area (Å²) >= 11 is 0. The number of rotatable bonds is 6. The standard InChI is InChI=1S/C14H23N3O4/c1-2-3-4-15-5-7-16(11-13(18)19)9-10-17(8-6-15)12-14(20)21/h1H,3-12H2,(H,18,19)(H,20,21)/p-1. The molecule has 1 aliphatic rings. The van der Waals surface area contributed by atoms with E-state index < -0.39 is 11.9 Å². The summed E-state index contributed by atoms with van der Waals surface area (Å²) in [6.07, 6.45) is 5.90. The van der Waals surface area contributed by atoms with Crippen LogP contribution in [0.5, 0.6) is 0 Å². The summed E-state index contributed by atoms with van der Waals surface area (Å²) < 4.78 is 0. The Bertz CT molecular complexity index is 366. The molecule has 0 amide bonds. The number of carboxylic acids is 2. The highest BCUT2D eigenvalue weighted by molar-refractivity contribution is 5.69. The summed E-state index contributed by atoms with van der Waals surface area (Å²) in [5.74, 6) is 0.591. The van der Waals surface area contributed by atoms with Gasteiger partial charge in [-0.15, -0.1) is 12.3 Å². The molecule has 0 radical (unpaired) electrons. The summed E-state index contributed by atoms with van der Waals surface area (Å²) in [6, 6.07) is 0. The number of carboxylic acid groups (broad SMARTS) is 2. The highest BCUT2D eigenvalue weighted by Crippen LogP contribution is 2.01. The number of aliphatic carboxylic acids is 2. The molecule has 0 spiro atoms. The minimum atomic E-state index is -1.12. The lowest BCUT2D eigenvalue weighted by atomic mass is 10.3. The van der Waals surface area contributed by atoms with Crippen molar-refractivity contribution in [1.82, 2.24) is 14.7 Å². The first-order chi connectivity index (χ1) is 10.0. The largest absolute Gasteiger partial charge is 0.549 e. The van der Waals surface area contributed by atoms with Crippen molar-refractivity contribution >= 4 is 11.9 Å². The molecule has 0 aliphatic carbocycles. The monoisotopic (exact) mass is 296 g/mol. The lowest BCUT2D eigenvalue weighted by Crippen LogP contribution is -2.43. The fourth-order valence-corrected chi connectivity index (χ4v) is 2.32. The summed E-state index contributed by atoms with van der Waals surface area (Å²) in [7, 11) is 0. The van der Waals surface area contributed by atoms with Crippen molar-refractivity contribution in [1.29, 1.82) is 0 Å².